The molecule has 0 amide bonds. The fourth-order valence-electron chi connectivity index (χ4n) is 1.46. The maximum atomic E-state index is 8.85. The van der Waals surface area contributed by atoms with E-state index in [2.05, 4.69) is 24.4 Å². The van der Waals surface area contributed by atoms with Gasteiger partial charge in [-0.05, 0) is 31.2 Å². The van der Waals surface area contributed by atoms with Crippen LogP contribution in [0.2, 0.25) is 0 Å². The first-order valence-corrected chi connectivity index (χ1v) is 5.27. The molecule has 0 aliphatic rings. The average molecular weight is 217 g/mol. The molecule has 0 spiro atoms. The third kappa shape index (κ3) is 2.64. The molecular weight excluding hydrogens is 202 g/mol. The van der Waals surface area contributed by atoms with Crippen molar-refractivity contribution in [3.8, 4) is 0 Å². The summed E-state index contributed by atoms with van der Waals surface area (Å²) in [5.41, 5.74) is 2.30. The van der Waals surface area contributed by atoms with Gasteiger partial charge in [-0.15, -0.1) is 0 Å². The average Bonchev–Trinajstić information content (AvgIpc) is 2.76. The van der Waals surface area contributed by atoms with Crippen LogP contribution >= 0.6 is 0 Å². The van der Waals surface area contributed by atoms with Crippen molar-refractivity contribution in [3.05, 3.63) is 53.5 Å². The van der Waals surface area contributed by atoms with Crippen LogP contribution in [0.4, 0.5) is 5.69 Å². The molecule has 3 nitrogen and oxygen atoms in total. The van der Waals surface area contributed by atoms with Crippen LogP contribution in [-0.4, -0.2) is 5.11 Å². The van der Waals surface area contributed by atoms with Gasteiger partial charge in [0.1, 0.15) is 18.1 Å². The van der Waals surface area contributed by atoms with Crippen LogP contribution in [0.1, 0.15) is 17.1 Å². The molecule has 2 N–H and O–H groups in total. The van der Waals surface area contributed by atoms with Gasteiger partial charge in [0.2, 0.25) is 0 Å². The second-order valence-corrected chi connectivity index (χ2v) is 3.75. The van der Waals surface area contributed by atoms with E-state index in [1.807, 2.05) is 18.2 Å². The van der Waals surface area contributed by atoms with Gasteiger partial charge in [-0.2, -0.15) is 0 Å². The summed E-state index contributed by atoms with van der Waals surface area (Å²) in [6.45, 7) is 2.64. The number of aryl methyl sites for hydroxylation is 1. The zero-order valence-electron chi connectivity index (χ0n) is 9.23. The molecule has 3 heteroatoms. The van der Waals surface area contributed by atoms with E-state index in [0.717, 1.165) is 11.4 Å². The number of hydrogen-bond donors (Lipinski definition) is 2. The normalized spacial score (nSPS) is 10.4. The minimum atomic E-state index is -0.0511. The van der Waals surface area contributed by atoms with Crippen molar-refractivity contribution in [3.63, 3.8) is 0 Å². The van der Waals surface area contributed by atoms with Gasteiger partial charge in [0.15, 0.2) is 0 Å². The maximum absolute atomic E-state index is 8.85. The van der Waals surface area contributed by atoms with E-state index in [1.165, 1.54) is 5.56 Å². The standard InChI is InChI=1S/C13H15NO2/c1-10-2-4-11(5-3-10)14-8-12-6-7-13(9-15)16-12/h2-7,14-15H,8-9H2,1H3. The Balaban J connectivity index is 1.94. The van der Waals surface area contributed by atoms with E-state index in [0.29, 0.717) is 12.3 Å². The summed E-state index contributed by atoms with van der Waals surface area (Å²) in [6.07, 6.45) is 0. The summed E-state index contributed by atoms with van der Waals surface area (Å²) in [5, 5.41) is 12.1. The molecule has 1 heterocycles. The summed E-state index contributed by atoms with van der Waals surface area (Å²) in [7, 11) is 0. The third-order valence-electron chi connectivity index (χ3n) is 2.39. The van der Waals surface area contributed by atoms with Crippen molar-refractivity contribution in [1.82, 2.24) is 0 Å². The van der Waals surface area contributed by atoms with Crippen molar-refractivity contribution in [2.75, 3.05) is 5.32 Å². The van der Waals surface area contributed by atoms with Crippen LogP contribution in [-0.2, 0) is 13.2 Å². The van der Waals surface area contributed by atoms with E-state index in [-0.39, 0.29) is 6.61 Å². The monoisotopic (exact) mass is 217 g/mol. The van der Waals surface area contributed by atoms with E-state index in [1.54, 1.807) is 6.07 Å². The quantitative estimate of drug-likeness (QED) is 0.827. The number of rotatable bonds is 4. The molecule has 0 atom stereocenters. The zero-order chi connectivity index (χ0) is 11.4. The van der Waals surface area contributed by atoms with Crippen molar-refractivity contribution in [2.45, 2.75) is 20.1 Å². The first-order valence-electron chi connectivity index (χ1n) is 5.27. The second-order valence-electron chi connectivity index (χ2n) is 3.75. The Bertz CT molecular complexity index is 445. The number of anilines is 1. The van der Waals surface area contributed by atoms with E-state index >= 15 is 0 Å². The number of hydrogen-bond acceptors (Lipinski definition) is 3. The molecular formula is C13H15NO2. The maximum Gasteiger partial charge on any atom is 0.129 e. The number of furan rings is 1. The Hall–Kier alpha value is -1.74. The van der Waals surface area contributed by atoms with Crippen molar-refractivity contribution in [2.24, 2.45) is 0 Å². The lowest BCUT2D eigenvalue weighted by atomic mass is 10.2. The second kappa shape index (κ2) is 4.86. The minimum absolute atomic E-state index is 0.0511. The van der Waals surface area contributed by atoms with Crippen molar-refractivity contribution in [1.29, 1.82) is 0 Å². The summed E-state index contributed by atoms with van der Waals surface area (Å²) >= 11 is 0. The van der Waals surface area contributed by atoms with Crippen LogP contribution < -0.4 is 5.32 Å². The van der Waals surface area contributed by atoms with Gasteiger partial charge in [0.25, 0.3) is 0 Å². The molecule has 1 aromatic heterocycles. The van der Waals surface area contributed by atoms with Crippen molar-refractivity contribution < 1.29 is 9.52 Å². The highest BCUT2D eigenvalue weighted by atomic mass is 16.4. The highest BCUT2D eigenvalue weighted by molar-refractivity contribution is 5.44. The van der Waals surface area contributed by atoms with Gasteiger partial charge in [-0.25, -0.2) is 0 Å². The highest BCUT2D eigenvalue weighted by Crippen LogP contribution is 2.12. The molecule has 84 valence electrons. The predicted octanol–water partition coefficient (Wildman–Crippen LogP) is 2.69. The molecule has 0 aliphatic carbocycles. The molecule has 2 aromatic rings. The van der Waals surface area contributed by atoms with Gasteiger partial charge < -0.3 is 14.8 Å². The predicted molar refractivity (Wildman–Crippen MR) is 63.1 cm³/mol. The van der Waals surface area contributed by atoms with Gasteiger partial charge >= 0.3 is 0 Å². The van der Waals surface area contributed by atoms with E-state index in [9.17, 15) is 0 Å². The van der Waals surface area contributed by atoms with Crippen LogP contribution in [0.15, 0.2) is 40.8 Å². The van der Waals surface area contributed by atoms with E-state index in [4.69, 9.17) is 9.52 Å². The van der Waals surface area contributed by atoms with Crippen LogP contribution in [0.3, 0.4) is 0 Å². The lowest BCUT2D eigenvalue weighted by molar-refractivity contribution is 0.244. The molecule has 0 saturated carbocycles. The highest BCUT2D eigenvalue weighted by Gasteiger charge is 2.00. The Labute approximate surface area is 94.7 Å². The number of aliphatic hydroxyl groups excluding tert-OH is 1. The minimum Gasteiger partial charge on any atom is -0.462 e. The molecule has 16 heavy (non-hydrogen) atoms. The molecule has 0 saturated heterocycles. The number of nitrogens with one attached hydrogen (secondary N) is 1. The number of benzene rings is 1. The zero-order valence-corrected chi connectivity index (χ0v) is 9.23. The Morgan fingerprint density at radius 1 is 1.06 bits per heavy atom. The van der Waals surface area contributed by atoms with Gasteiger partial charge in [-0.3, -0.25) is 0 Å². The fourth-order valence-corrected chi connectivity index (χ4v) is 1.46. The third-order valence-corrected chi connectivity index (χ3v) is 2.39. The molecule has 0 unspecified atom stereocenters. The van der Waals surface area contributed by atoms with Crippen LogP contribution in [0.5, 0.6) is 0 Å². The molecule has 1 aromatic carbocycles. The van der Waals surface area contributed by atoms with Crippen LogP contribution in [0.25, 0.3) is 0 Å². The first kappa shape index (κ1) is 10.8. The molecule has 2 rings (SSSR count). The fraction of sp³-hybridized carbons (Fsp3) is 0.231. The summed E-state index contributed by atoms with van der Waals surface area (Å²) in [4.78, 5) is 0. The first-order chi connectivity index (χ1) is 7.78. The molecule has 0 bridgehead atoms. The number of aliphatic hydroxyl groups is 1. The summed E-state index contributed by atoms with van der Waals surface area (Å²) in [5.74, 6) is 1.42. The Kier molecular flexibility index (Phi) is 3.27. The van der Waals surface area contributed by atoms with Crippen LogP contribution in [0, 0.1) is 6.92 Å². The lowest BCUT2D eigenvalue weighted by Gasteiger charge is -2.04. The Morgan fingerprint density at radius 3 is 2.38 bits per heavy atom. The SMILES string of the molecule is Cc1ccc(NCc2ccc(CO)o2)cc1. The van der Waals surface area contributed by atoms with E-state index < -0.39 is 0 Å². The van der Waals surface area contributed by atoms with Crippen molar-refractivity contribution >= 4 is 5.69 Å². The van der Waals surface area contributed by atoms with Gasteiger partial charge in [0.05, 0.1) is 6.54 Å². The summed E-state index contributed by atoms with van der Waals surface area (Å²) in [6, 6.07) is 11.8. The topological polar surface area (TPSA) is 45.4 Å². The molecule has 0 fully saturated rings. The largest absolute Gasteiger partial charge is 0.462 e. The van der Waals surface area contributed by atoms with Gasteiger partial charge in [0, 0.05) is 5.69 Å². The molecule has 0 aliphatic heterocycles. The Morgan fingerprint density at radius 2 is 1.75 bits per heavy atom. The molecule has 0 radical (unpaired) electrons. The van der Waals surface area contributed by atoms with Gasteiger partial charge in [-0.1, -0.05) is 17.7 Å². The lowest BCUT2D eigenvalue weighted by Crippen LogP contribution is -1.97. The smallest absolute Gasteiger partial charge is 0.129 e. The summed E-state index contributed by atoms with van der Waals surface area (Å²) < 4.78 is 5.37.